The molecular weight excluding hydrogens is 156 g/mol. The molecule has 0 aliphatic carbocycles. The Morgan fingerprint density at radius 2 is 1.75 bits per heavy atom. The number of ketones is 1. The molecule has 0 saturated carbocycles. The second kappa shape index (κ2) is 3.09. The van der Waals surface area contributed by atoms with Crippen LogP contribution in [0, 0.1) is 0 Å². The predicted octanol–water partition coefficient (Wildman–Crippen LogP) is 1.65. The topological polar surface area (TPSA) is 57.5 Å². The van der Waals surface area contributed by atoms with E-state index in [1.165, 1.54) is 24.3 Å². The number of rotatable bonds is 2. The van der Waals surface area contributed by atoms with E-state index in [0.717, 1.165) is 0 Å². The Hall–Kier alpha value is -1.77. The highest BCUT2D eigenvalue weighted by atomic mass is 16.3. The molecule has 0 atom stereocenters. The van der Waals surface area contributed by atoms with Gasteiger partial charge < -0.3 is 10.2 Å². The lowest BCUT2D eigenvalue weighted by atomic mass is 10.1. The maximum Gasteiger partial charge on any atom is 0.226 e. The van der Waals surface area contributed by atoms with Crippen molar-refractivity contribution in [3.05, 3.63) is 42.2 Å². The average molecular weight is 164 g/mol. The molecule has 0 amide bonds. The Kier molecular flexibility index (Phi) is 2.14. The molecule has 62 valence electrons. The van der Waals surface area contributed by atoms with E-state index < -0.39 is 11.5 Å². The number of aromatic hydroxyl groups is 1. The van der Waals surface area contributed by atoms with Crippen LogP contribution in [0.3, 0.4) is 0 Å². The molecule has 0 unspecified atom stereocenters. The number of Topliss-reactive ketones (excluding diaryl/α,β-unsaturated/α-hetero) is 1. The number of carbonyl (C=O) groups excluding carboxylic acids is 1. The third-order valence-corrected chi connectivity index (χ3v) is 1.39. The molecule has 3 heteroatoms. The summed E-state index contributed by atoms with van der Waals surface area (Å²) in [5.41, 5.74) is 0.306. The van der Waals surface area contributed by atoms with Crippen LogP contribution in [0.2, 0.25) is 0 Å². The highest BCUT2D eigenvalue weighted by Gasteiger charge is 2.07. The second-order valence-electron chi connectivity index (χ2n) is 2.32. The van der Waals surface area contributed by atoms with E-state index in [2.05, 4.69) is 6.58 Å². The third-order valence-electron chi connectivity index (χ3n) is 1.39. The summed E-state index contributed by atoms with van der Waals surface area (Å²) in [5.74, 6) is -0.953. The van der Waals surface area contributed by atoms with Gasteiger partial charge in [0, 0.05) is 5.56 Å². The van der Waals surface area contributed by atoms with Crippen LogP contribution >= 0.6 is 0 Å². The largest absolute Gasteiger partial charge is 0.508 e. The smallest absolute Gasteiger partial charge is 0.226 e. The first kappa shape index (κ1) is 8.33. The standard InChI is InChI=1S/C9H8O3/c1-6(10)9(12)7-2-4-8(11)5-3-7/h2-5,10-11H,1H2. The zero-order valence-corrected chi connectivity index (χ0v) is 6.32. The summed E-state index contributed by atoms with van der Waals surface area (Å²) < 4.78 is 0. The van der Waals surface area contributed by atoms with Crippen LogP contribution in [0.5, 0.6) is 5.75 Å². The number of allylic oxidation sites excluding steroid dienone is 1. The molecule has 1 rings (SSSR count). The van der Waals surface area contributed by atoms with E-state index in [4.69, 9.17) is 10.2 Å². The van der Waals surface area contributed by atoms with E-state index in [1.54, 1.807) is 0 Å². The summed E-state index contributed by atoms with van der Waals surface area (Å²) in [6.45, 7) is 3.10. The van der Waals surface area contributed by atoms with E-state index in [9.17, 15) is 4.79 Å². The van der Waals surface area contributed by atoms with E-state index in [-0.39, 0.29) is 5.75 Å². The van der Waals surface area contributed by atoms with Crippen molar-refractivity contribution in [1.29, 1.82) is 0 Å². The normalized spacial score (nSPS) is 9.33. The number of aliphatic hydroxyl groups is 1. The average Bonchev–Trinajstić information content (AvgIpc) is 2.04. The molecule has 12 heavy (non-hydrogen) atoms. The van der Waals surface area contributed by atoms with Gasteiger partial charge in [-0.15, -0.1) is 0 Å². The summed E-state index contributed by atoms with van der Waals surface area (Å²) in [4.78, 5) is 11.0. The summed E-state index contributed by atoms with van der Waals surface area (Å²) in [5, 5.41) is 17.6. The number of aliphatic hydroxyl groups excluding tert-OH is 1. The molecule has 0 fully saturated rings. The minimum atomic E-state index is -0.532. The van der Waals surface area contributed by atoms with Crippen LogP contribution in [-0.4, -0.2) is 16.0 Å². The van der Waals surface area contributed by atoms with Crippen LogP contribution in [0.1, 0.15) is 10.4 Å². The van der Waals surface area contributed by atoms with Crippen molar-refractivity contribution in [3.63, 3.8) is 0 Å². The number of phenolic OH excluding ortho intramolecular Hbond substituents is 1. The Balaban J connectivity index is 2.98. The highest BCUT2D eigenvalue weighted by Crippen LogP contribution is 2.11. The fraction of sp³-hybridized carbons (Fsp3) is 0. The molecule has 0 aliphatic heterocycles. The van der Waals surface area contributed by atoms with E-state index in [1.807, 2.05) is 0 Å². The van der Waals surface area contributed by atoms with Gasteiger partial charge in [-0.3, -0.25) is 4.79 Å². The molecule has 0 spiro atoms. The predicted molar refractivity (Wildman–Crippen MR) is 44.2 cm³/mol. The van der Waals surface area contributed by atoms with Gasteiger partial charge in [-0.2, -0.15) is 0 Å². The van der Waals surface area contributed by atoms with Crippen molar-refractivity contribution in [1.82, 2.24) is 0 Å². The van der Waals surface area contributed by atoms with Gasteiger partial charge >= 0.3 is 0 Å². The fourth-order valence-corrected chi connectivity index (χ4v) is 0.779. The van der Waals surface area contributed by atoms with Crippen molar-refractivity contribution in [2.75, 3.05) is 0 Å². The van der Waals surface area contributed by atoms with Crippen molar-refractivity contribution in [3.8, 4) is 5.75 Å². The summed E-state index contributed by atoms with van der Waals surface area (Å²) >= 11 is 0. The number of benzene rings is 1. The molecule has 0 heterocycles. The first-order chi connectivity index (χ1) is 5.61. The summed E-state index contributed by atoms with van der Waals surface area (Å²) in [7, 11) is 0. The third kappa shape index (κ3) is 1.63. The van der Waals surface area contributed by atoms with E-state index >= 15 is 0 Å². The van der Waals surface area contributed by atoms with Crippen LogP contribution in [0.25, 0.3) is 0 Å². The van der Waals surface area contributed by atoms with Crippen LogP contribution < -0.4 is 0 Å². The molecule has 2 N–H and O–H groups in total. The molecule has 1 aromatic carbocycles. The zero-order valence-electron chi connectivity index (χ0n) is 6.32. The molecule has 0 bridgehead atoms. The second-order valence-corrected chi connectivity index (χ2v) is 2.32. The lowest BCUT2D eigenvalue weighted by Crippen LogP contribution is -2.00. The molecule has 3 nitrogen and oxygen atoms in total. The number of hydrogen-bond acceptors (Lipinski definition) is 3. The number of carbonyl (C=O) groups is 1. The summed E-state index contributed by atoms with van der Waals surface area (Å²) in [6, 6.07) is 5.57. The molecule has 0 radical (unpaired) electrons. The maximum absolute atomic E-state index is 11.0. The van der Waals surface area contributed by atoms with Gasteiger partial charge in [0.05, 0.1) is 0 Å². The molecule has 0 aromatic heterocycles. The monoisotopic (exact) mass is 164 g/mol. The van der Waals surface area contributed by atoms with Crippen LogP contribution in [-0.2, 0) is 0 Å². The van der Waals surface area contributed by atoms with Gasteiger partial charge in [0.15, 0.2) is 5.76 Å². The first-order valence-electron chi connectivity index (χ1n) is 3.33. The van der Waals surface area contributed by atoms with Gasteiger partial charge in [-0.1, -0.05) is 6.58 Å². The maximum atomic E-state index is 11.0. The lowest BCUT2D eigenvalue weighted by molar-refractivity contribution is 0.0979. The fourth-order valence-electron chi connectivity index (χ4n) is 0.779. The van der Waals surface area contributed by atoms with E-state index in [0.29, 0.717) is 5.56 Å². The SMILES string of the molecule is C=C(O)C(=O)c1ccc(O)cc1. The molecule has 0 aliphatic rings. The van der Waals surface area contributed by atoms with Gasteiger partial charge in [0.2, 0.25) is 5.78 Å². The van der Waals surface area contributed by atoms with Crippen molar-refractivity contribution in [2.45, 2.75) is 0 Å². The number of hydrogen-bond donors (Lipinski definition) is 2. The van der Waals surface area contributed by atoms with Gasteiger partial charge in [0.1, 0.15) is 5.75 Å². The van der Waals surface area contributed by atoms with Crippen LogP contribution in [0.15, 0.2) is 36.6 Å². The van der Waals surface area contributed by atoms with Crippen molar-refractivity contribution >= 4 is 5.78 Å². The first-order valence-corrected chi connectivity index (χ1v) is 3.33. The number of phenols is 1. The Morgan fingerprint density at radius 1 is 1.25 bits per heavy atom. The van der Waals surface area contributed by atoms with Gasteiger partial charge in [0.25, 0.3) is 0 Å². The zero-order chi connectivity index (χ0) is 9.14. The van der Waals surface area contributed by atoms with Gasteiger partial charge in [-0.25, -0.2) is 0 Å². The molecule has 0 saturated heterocycles. The Morgan fingerprint density at radius 3 is 2.17 bits per heavy atom. The quantitative estimate of drug-likeness (QED) is 0.397. The van der Waals surface area contributed by atoms with Crippen molar-refractivity contribution < 1.29 is 15.0 Å². The Labute approximate surface area is 69.6 Å². The highest BCUT2D eigenvalue weighted by molar-refractivity contribution is 6.06. The Bertz CT molecular complexity index is 311. The minimum Gasteiger partial charge on any atom is -0.508 e. The molecular formula is C9H8O3. The molecule has 1 aromatic rings. The van der Waals surface area contributed by atoms with Gasteiger partial charge in [-0.05, 0) is 24.3 Å². The van der Waals surface area contributed by atoms with Crippen LogP contribution in [0.4, 0.5) is 0 Å². The lowest BCUT2D eigenvalue weighted by Gasteiger charge is -1.97. The summed E-state index contributed by atoms with van der Waals surface area (Å²) in [6.07, 6.45) is 0. The van der Waals surface area contributed by atoms with Crippen molar-refractivity contribution in [2.24, 2.45) is 0 Å². The minimum absolute atomic E-state index is 0.0788.